The maximum Gasteiger partial charge on any atom is 0.329 e. The number of guanidine groups is 1. The van der Waals surface area contributed by atoms with Gasteiger partial charge in [0.05, 0.1) is 18.8 Å². The normalized spacial score (nSPS) is 21.8. The molecule has 3 N–H and O–H groups in total. The van der Waals surface area contributed by atoms with Crippen molar-refractivity contribution >= 4 is 68.1 Å². The second-order valence-electron chi connectivity index (χ2n) is 10.6. The van der Waals surface area contributed by atoms with Gasteiger partial charge in [-0.2, -0.15) is 0 Å². The van der Waals surface area contributed by atoms with Gasteiger partial charge in [-0.05, 0) is 73.9 Å². The number of aliphatic imine (C=N–C) groups is 1. The SMILES string of the molecule is Br.COCCNC(=NCc1cccc(N2C(=O)NC(C)(C3CC3)C2=O)c1)NCC1(c2ccc(Br)cc2Cl)CC1. The number of benzene rings is 2. The lowest BCUT2D eigenvalue weighted by molar-refractivity contribution is -0.122. The number of urea groups is 1. The Morgan fingerprint density at radius 1 is 1.21 bits per heavy atom. The van der Waals surface area contributed by atoms with Crippen LogP contribution in [0.2, 0.25) is 5.02 Å². The van der Waals surface area contributed by atoms with E-state index < -0.39 is 5.54 Å². The molecule has 1 atom stereocenters. The van der Waals surface area contributed by atoms with Crippen molar-refractivity contribution in [2.75, 3.05) is 31.7 Å². The lowest BCUT2D eigenvalue weighted by atomic mass is 9.96. The van der Waals surface area contributed by atoms with E-state index in [1.807, 2.05) is 37.3 Å². The molecule has 2 aromatic carbocycles. The lowest BCUT2D eigenvalue weighted by Gasteiger charge is -2.21. The van der Waals surface area contributed by atoms with E-state index in [2.05, 4.69) is 37.9 Å². The Morgan fingerprint density at radius 3 is 2.64 bits per heavy atom. The maximum atomic E-state index is 13.2. The van der Waals surface area contributed by atoms with Crippen molar-refractivity contribution in [2.24, 2.45) is 10.9 Å². The number of anilines is 1. The minimum absolute atomic E-state index is 0. The molecule has 3 fully saturated rings. The quantitative estimate of drug-likeness (QED) is 0.137. The van der Waals surface area contributed by atoms with Crippen molar-refractivity contribution in [3.63, 3.8) is 0 Å². The minimum Gasteiger partial charge on any atom is -0.383 e. The Hall–Kier alpha value is -2.14. The number of hydrogen-bond donors (Lipinski definition) is 3. The van der Waals surface area contributed by atoms with Crippen LogP contribution < -0.4 is 20.9 Å². The zero-order valence-electron chi connectivity index (χ0n) is 22.1. The van der Waals surface area contributed by atoms with Crippen LogP contribution in [0.25, 0.3) is 0 Å². The van der Waals surface area contributed by atoms with Gasteiger partial charge in [-0.25, -0.2) is 14.7 Å². The summed E-state index contributed by atoms with van der Waals surface area (Å²) in [6.45, 7) is 4.07. The van der Waals surface area contributed by atoms with E-state index in [0.717, 1.165) is 46.3 Å². The average Bonchev–Trinajstić information content (AvgIpc) is 3.81. The molecule has 2 saturated carbocycles. The van der Waals surface area contributed by atoms with Crippen LogP contribution in [0, 0.1) is 5.92 Å². The molecule has 1 aliphatic heterocycles. The zero-order valence-corrected chi connectivity index (χ0v) is 26.1. The molecule has 2 aliphatic carbocycles. The molecule has 0 radical (unpaired) electrons. The summed E-state index contributed by atoms with van der Waals surface area (Å²) in [5, 5.41) is 10.5. The van der Waals surface area contributed by atoms with Crippen molar-refractivity contribution in [3.05, 3.63) is 63.1 Å². The van der Waals surface area contributed by atoms with E-state index in [-0.39, 0.29) is 40.3 Å². The van der Waals surface area contributed by atoms with Crippen molar-refractivity contribution in [1.82, 2.24) is 16.0 Å². The molecule has 2 aromatic rings. The molecule has 39 heavy (non-hydrogen) atoms. The third-order valence-electron chi connectivity index (χ3n) is 7.75. The summed E-state index contributed by atoms with van der Waals surface area (Å²) in [5.41, 5.74) is 1.77. The number of carbonyl (C=O) groups excluding carboxylic acids is 2. The van der Waals surface area contributed by atoms with Crippen LogP contribution in [0.3, 0.4) is 0 Å². The lowest BCUT2D eigenvalue weighted by Crippen LogP contribution is -2.46. The predicted octanol–water partition coefficient (Wildman–Crippen LogP) is 5.32. The molecule has 0 spiro atoms. The Balaban J connectivity index is 0.00000353. The molecule has 1 heterocycles. The second-order valence-corrected chi connectivity index (χ2v) is 11.9. The minimum atomic E-state index is -0.815. The molecule has 5 rings (SSSR count). The zero-order chi connectivity index (χ0) is 26.9. The van der Waals surface area contributed by atoms with E-state index in [9.17, 15) is 9.59 Å². The molecular formula is C28H34Br2ClN5O3. The summed E-state index contributed by atoms with van der Waals surface area (Å²) in [4.78, 5) is 31.9. The number of nitrogens with zero attached hydrogens (tertiary/aromatic N) is 2. The molecule has 3 amide bonds. The number of amides is 3. The monoisotopic (exact) mass is 681 g/mol. The Morgan fingerprint density at radius 2 is 1.97 bits per heavy atom. The van der Waals surface area contributed by atoms with Crippen LogP contribution in [0.4, 0.5) is 10.5 Å². The topological polar surface area (TPSA) is 95.1 Å². The van der Waals surface area contributed by atoms with Gasteiger partial charge >= 0.3 is 6.03 Å². The highest BCUT2D eigenvalue weighted by molar-refractivity contribution is 9.10. The molecular weight excluding hydrogens is 650 g/mol. The van der Waals surface area contributed by atoms with Gasteiger partial charge < -0.3 is 20.7 Å². The predicted molar refractivity (Wildman–Crippen MR) is 163 cm³/mol. The van der Waals surface area contributed by atoms with Crippen LogP contribution in [-0.2, 0) is 21.5 Å². The Bertz CT molecular complexity index is 1270. The van der Waals surface area contributed by atoms with E-state index >= 15 is 0 Å². The molecule has 8 nitrogen and oxygen atoms in total. The molecule has 210 valence electrons. The van der Waals surface area contributed by atoms with Gasteiger partial charge in [0.1, 0.15) is 5.54 Å². The van der Waals surface area contributed by atoms with Crippen molar-refractivity contribution in [1.29, 1.82) is 0 Å². The summed E-state index contributed by atoms with van der Waals surface area (Å²) >= 11 is 10.1. The Labute approximate surface area is 253 Å². The summed E-state index contributed by atoms with van der Waals surface area (Å²) < 4.78 is 6.16. The largest absolute Gasteiger partial charge is 0.383 e. The molecule has 11 heteroatoms. The van der Waals surface area contributed by atoms with E-state index in [1.165, 1.54) is 4.90 Å². The smallest absolute Gasteiger partial charge is 0.329 e. The summed E-state index contributed by atoms with van der Waals surface area (Å²) in [7, 11) is 1.66. The fraction of sp³-hybridized carbons (Fsp3) is 0.464. The summed E-state index contributed by atoms with van der Waals surface area (Å²) in [5.74, 6) is 0.699. The number of methoxy groups -OCH3 is 1. The van der Waals surface area contributed by atoms with Crippen LogP contribution in [0.15, 0.2) is 51.9 Å². The van der Waals surface area contributed by atoms with Crippen molar-refractivity contribution in [3.8, 4) is 0 Å². The standard InChI is InChI=1S/C28H33BrClN5O3.BrH/c1-27(19-6-7-19)24(36)35(26(37)34-27)21-5-3-4-18(14-21)16-32-25(31-12-13-38-2)33-17-28(10-11-28)22-9-8-20(29)15-23(22)30;/h3-5,8-9,14-15,19H,6-7,10-13,16-17H2,1-2H3,(H,34,37)(H2,31,32,33);1H. The first-order chi connectivity index (χ1) is 18.3. The van der Waals surface area contributed by atoms with Crippen molar-refractivity contribution in [2.45, 2.75) is 50.1 Å². The fourth-order valence-electron chi connectivity index (χ4n) is 5.10. The molecule has 1 unspecified atom stereocenters. The van der Waals surface area contributed by atoms with Gasteiger partial charge in [0, 0.05) is 35.1 Å². The third-order valence-corrected chi connectivity index (χ3v) is 8.55. The van der Waals surface area contributed by atoms with Gasteiger partial charge in [-0.3, -0.25) is 4.79 Å². The highest BCUT2D eigenvalue weighted by atomic mass is 79.9. The second kappa shape index (κ2) is 12.2. The van der Waals surface area contributed by atoms with E-state index in [4.69, 9.17) is 21.3 Å². The van der Waals surface area contributed by atoms with Crippen LogP contribution in [-0.4, -0.2) is 50.2 Å². The number of halogens is 3. The maximum absolute atomic E-state index is 13.2. The van der Waals surface area contributed by atoms with E-state index in [0.29, 0.717) is 37.9 Å². The van der Waals surface area contributed by atoms with E-state index in [1.54, 1.807) is 13.2 Å². The first-order valence-corrected chi connectivity index (χ1v) is 14.2. The summed E-state index contributed by atoms with van der Waals surface area (Å²) in [6, 6.07) is 13.1. The van der Waals surface area contributed by atoms with Crippen LogP contribution >= 0.6 is 44.5 Å². The van der Waals surface area contributed by atoms with Crippen LogP contribution in [0.5, 0.6) is 0 Å². The molecule has 0 aromatic heterocycles. The third kappa shape index (κ3) is 6.45. The van der Waals surface area contributed by atoms with Gasteiger partial charge in [-0.1, -0.05) is 45.7 Å². The summed E-state index contributed by atoms with van der Waals surface area (Å²) in [6.07, 6.45) is 4.04. The Kier molecular flexibility index (Phi) is 9.30. The first kappa shape index (κ1) is 29.8. The number of hydrogen-bond acceptors (Lipinski definition) is 4. The van der Waals surface area contributed by atoms with Crippen LogP contribution in [0.1, 0.15) is 43.7 Å². The van der Waals surface area contributed by atoms with Gasteiger partial charge in [0.25, 0.3) is 5.91 Å². The van der Waals surface area contributed by atoms with Gasteiger partial charge in [-0.15, -0.1) is 17.0 Å². The van der Waals surface area contributed by atoms with Gasteiger partial charge in [0.2, 0.25) is 0 Å². The number of carbonyl (C=O) groups is 2. The highest BCUT2D eigenvalue weighted by Gasteiger charge is 2.56. The highest BCUT2D eigenvalue weighted by Crippen LogP contribution is 2.50. The number of rotatable bonds is 10. The van der Waals surface area contributed by atoms with Gasteiger partial charge in [0.15, 0.2) is 5.96 Å². The average molecular weight is 684 g/mol. The number of nitrogens with one attached hydrogen (secondary N) is 3. The fourth-order valence-corrected chi connectivity index (χ4v) is 5.98. The molecule has 0 bridgehead atoms. The van der Waals surface area contributed by atoms with Crippen molar-refractivity contribution < 1.29 is 14.3 Å². The first-order valence-electron chi connectivity index (χ1n) is 13.0. The number of imide groups is 1. The number of ether oxygens (including phenoxy) is 1. The molecule has 1 saturated heterocycles. The molecule has 3 aliphatic rings.